The second-order valence-electron chi connectivity index (χ2n) is 9.40. The van der Waals surface area contributed by atoms with E-state index in [-0.39, 0.29) is 5.41 Å². The van der Waals surface area contributed by atoms with Crippen LogP contribution in [0.5, 0.6) is 0 Å². The van der Waals surface area contributed by atoms with Gasteiger partial charge < -0.3 is 9.80 Å². The third-order valence-electron chi connectivity index (χ3n) is 5.80. The Morgan fingerprint density at radius 1 is 0.966 bits per heavy atom. The molecule has 1 aromatic carbocycles. The van der Waals surface area contributed by atoms with E-state index in [9.17, 15) is 0 Å². The van der Waals surface area contributed by atoms with E-state index in [1.807, 2.05) is 17.9 Å². The lowest BCUT2D eigenvalue weighted by atomic mass is 9.92. The van der Waals surface area contributed by atoms with Crippen molar-refractivity contribution in [1.82, 2.24) is 19.7 Å². The van der Waals surface area contributed by atoms with Crippen molar-refractivity contribution in [3.05, 3.63) is 41.3 Å². The first-order valence-electron chi connectivity index (χ1n) is 10.5. The Kier molecular flexibility index (Phi) is 4.97. The molecule has 29 heavy (non-hydrogen) atoms. The van der Waals surface area contributed by atoms with E-state index >= 15 is 0 Å². The molecule has 0 amide bonds. The van der Waals surface area contributed by atoms with Gasteiger partial charge >= 0.3 is 0 Å². The average molecular weight is 393 g/mol. The van der Waals surface area contributed by atoms with Gasteiger partial charge in [-0.25, -0.2) is 9.97 Å². The Balaban J connectivity index is 1.61. The van der Waals surface area contributed by atoms with Gasteiger partial charge in [-0.2, -0.15) is 5.10 Å². The molecular weight excluding hydrogens is 360 g/mol. The minimum atomic E-state index is 0.144. The normalized spacial score (nSPS) is 15.4. The minimum absolute atomic E-state index is 0.144. The van der Waals surface area contributed by atoms with Crippen LogP contribution in [0.2, 0.25) is 0 Å². The molecule has 0 aliphatic carbocycles. The number of piperazine rings is 1. The van der Waals surface area contributed by atoms with Crippen LogP contribution in [-0.2, 0) is 13.5 Å². The number of benzene rings is 1. The van der Waals surface area contributed by atoms with Gasteiger partial charge in [0.05, 0.1) is 11.6 Å². The molecule has 1 saturated heterocycles. The van der Waals surface area contributed by atoms with Crippen molar-refractivity contribution in [2.75, 3.05) is 36.0 Å². The fourth-order valence-corrected chi connectivity index (χ4v) is 4.08. The van der Waals surface area contributed by atoms with Gasteiger partial charge in [-0.1, -0.05) is 32.9 Å². The molecule has 3 aromatic rings. The molecule has 1 fully saturated rings. The van der Waals surface area contributed by atoms with E-state index in [4.69, 9.17) is 9.97 Å². The summed E-state index contributed by atoms with van der Waals surface area (Å²) < 4.78 is 1.86. The quantitative estimate of drug-likeness (QED) is 0.677. The van der Waals surface area contributed by atoms with Gasteiger partial charge in [0.15, 0.2) is 5.65 Å². The van der Waals surface area contributed by atoms with Crippen LogP contribution in [0, 0.1) is 19.3 Å². The van der Waals surface area contributed by atoms with E-state index in [2.05, 4.69) is 67.7 Å². The first-order chi connectivity index (χ1) is 13.7. The lowest BCUT2D eigenvalue weighted by Gasteiger charge is -2.38. The highest BCUT2D eigenvalue weighted by atomic mass is 15.3. The molecule has 3 heterocycles. The maximum absolute atomic E-state index is 5.00. The van der Waals surface area contributed by atoms with Crippen LogP contribution in [-0.4, -0.2) is 45.9 Å². The topological polar surface area (TPSA) is 50.1 Å². The molecule has 0 N–H and O–H groups in total. The zero-order valence-corrected chi connectivity index (χ0v) is 18.5. The summed E-state index contributed by atoms with van der Waals surface area (Å²) in [5, 5.41) is 5.50. The van der Waals surface area contributed by atoms with Crippen LogP contribution >= 0.6 is 0 Å². The Morgan fingerprint density at radius 2 is 1.66 bits per heavy atom. The molecule has 6 nitrogen and oxygen atoms in total. The third kappa shape index (κ3) is 3.93. The number of nitrogens with zero attached hydrogens (tertiary/aromatic N) is 6. The summed E-state index contributed by atoms with van der Waals surface area (Å²) in [5.74, 6) is 1.93. The summed E-state index contributed by atoms with van der Waals surface area (Å²) in [6.07, 6.45) is 2.76. The summed E-state index contributed by atoms with van der Waals surface area (Å²) in [7, 11) is 1.96. The summed E-state index contributed by atoms with van der Waals surface area (Å²) in [6.45, 7) is 15.0. The van der Waals surface area contributed by atoms with Gasteiger partial charge in [-0.3, -0.25) is 4.68 Å². The largest absolute Gasteiger partial charge is 0.368 e. The first kappa shape index (κ1) is 19.7. The van der Waals surface area contributed by atoms with Crippen molar-refractivity contribution in [2.45, 2.75) is 41.0 Å². The Hall–Kier alpha value is -2.63. The highest BCUT2D eigenvalue weighted by Crippen LogP contribution is 2.29. The van der Waals surface area contributed by atoms with Crippen molar-refractivity contribution in [1.29, 1.82) is 0 Å². The van der Waals surface area contributed by atoms with Crippen LogP contribution in [0.3, 0.4) is 0 Å². The highest BCUT2D eigenvalue weighted by Gasteiger charge is 2.24. The van der Waals surface area contributed by atoms with E-state index in [0.29, 0.717) is 0 Å². The molecule has 154 valence electrons. The molecule has 4 rings (SSSR count). The smallest absolute Gasteiger partial charge is 0.163 e. The van der Waals surface area contributed by atoms with E-state index in [1.165, 1.54) is 16.8 Å². The first-order valence-corrected chi connectivity index (χ1v) is 10.5. The van der Waals surface area contributed by atoms with Gasteiger partial charge in [0, 0.05) is 45.3 Å². The standard InChI is InChI=1S/C23H32N6/c1-16-8-7-9-19(17(16)2)28-10-12-29(13-11-28)22-18-15-24-27(6)21(18)25-20(26-22)14-23(3,4)5/h7-9,15H,10-14H2,1-6H3. The third-order valence-corrected chi connectivity index (χ3v) is 5.80. The predicted octanol–water partition coefficient (Wildman–Crippen LogP) is 3.90. The molecule has 1 aliphatic heterocycles. The van der Waals surface area contributed by atoms with Crippen molar-refractivity contribution in [2.24, 2.45) is 12.5 Å². The maximum atomic E-state index is 5.00. The van der Waals surface area contributed by atoms with Gasteiger partial charge in [0.2, 0.25) is 0 Å². The predicted molar refractivity (Wildman–Crippen MR) is 120 cm³/mol. The molecule has 0 atom stereocenters. The molecular formula is C23H32N6. The van der Waals surface area contributed by atoms with Crippen LogP contribution in [0.1, 0.15) is 37.7 Å². The molecule has 1 aliphatic rings. The van der Waals surface area contributed by atoms with Crippen molar-refractivity contribution in [3.63, 3.8) is 0 Å². The Morgan fingerprint density at radius 3 is 2.34 bits per heavy atom. The van der Waals surface area contributed by atoms with Crippen molar-refractivity contribution in [3.8, 4) is 0 Å². The molecule has 0 saturated carbocycles. The zero-order valence-electron chi connectivity index (χ0n) is 18.5. The average Bonchev–Trinajstić information content (AvgIpc) is 3.03. The summed E-state index contributed by atoms with van der Waals surface area (Å²) >= 11 is 0. The monoisotopic (exact) mass is 392 g/mol. The lowest BCUT2D eigenvalue weighted by molar-refractivity contribution is 0.401. The van der Waals surface area contributed by atoms with Crippen LogP contribution < -0.4 is 9.80 Å². The number of aryl methyl sites for hydroxylation is 2. The minimum Gasteiger partial charge on any atom is -0.368 e. The van der Waals surface area contributed by atoms with Crippen LogP contribution in [0.25, 0.3) is 11.0 Å². The number of hydrogen-bond donors (Lipinski definition) is 0. The number of hydrogen-bond acceptors (Lipinski definition) is 5. The molecule has 2 aromatic heterocycles. The van der Waals surface area contributed by atoms with E-state index < -0.39 is 0 Å². The summed E-state index contributed by atoms with van der Waals surface area (Å²) in [6, 6.07) is 6.59. The van der Waals surface area contributed by atoms with Crippen LogP contribution in [0.4, 0.5) is 11.5 Å². The molecule has 0 bridgehead atoms. The zero-order chi connectivity index (χ0) is 20.8. The highest BCUT2D eigenvalue weighted by molar-refractivity contribution is 5.87. The molecule has 0 radical (unpaired) electrons. The summed E-state index contributed by atoms with van der Waals surface area (Å²) in [5.41, 5.74) is 5.15. The lowest BCUT2D eigenvalue weighted by Crippen LogP contribution is -2.47. The SMILES string of the molecule is Cc1cccc(N2CCN(c3nc(CC(C)(C)C)nc4c3cnn4C)CC2)c1C. The van der Waals surface area contributed by atoms with Gasteiger partial charge in [0.25, 0.3) is 0 Å². The van der Waals surface area contributed by atoms with Gasteiger partial charge in [0.1, 0.15) is 11.6 Å². The molecule has 6 heteroatoms. The molecule has 0 spiro atoms. The summed E-state index contributed by atoms with van der Waals surface area (Å²) in [4.78, 5) is 14.7. The molecule has 0 unspecified atom stereocenters. The number of rotatable bonds is 3. The number of fused-ring (bicyclic) bond motifs is 1. The number of anilines is 2. The fourth-order valence-electron chi connectivity index (χ4n) is 4.08. The second-order valence-corrected chi connectivity index (χ2v) is 9.40. The Labute approximate surface area is 173 Å². The second kappa shape index (κ2) is 7.32. The number of aromatic nitrogens is 4. The van der Waals surface area contributed by atoms with Crippen molar-refractivity contribution >= 4 is 22.5 Å². The van der Waals surface area contributed by atoms with E-state index in [0.717, 1.165) is 55.3 Å². The van der Waals surface area contributed by atoms with E-state index in [1.54, 1.807) is 0 Å². The Bertz CT molecular complexity index is 1020. The fraction of sp³-hybridized carbons (Fsp3) is 0.522. The van der Waals surface area contributed by atoms with Gasteiger partial charge in [-0.05, 0) is 36.5 Å². The van der Waals surface area contributed by atoms with Crippen molar-refractivity contribution < 1.29 is 0 Å². The van der Waals surface area contributed by atoms with Gasteiger partial charge in [-0.15, -0.1) is 0 Å². The maximum Gasteiger partial charge on any atom is 0.163 e. The van der Waals surface area contributed by atoms with Crippen LogP contribution in [0.15, 0.2) is 24.4 Å².